The van der Waals surface area contributed by atoms with Crippen LogP contribution in [-0.2, 0) is 4.79 Å². The SMILES string of the molecule is CCCC1CCN(C(=O)N(CC(=O)O)CC2CC2)C1. The van der Waals surface area contributed by atoms with E-state index in [1.54, 1.807) is 0 Å². The van der Waals surface area contributed by atoms with Gasteiger partial charge in [-0.2, -0.15) is 0 Å². The minimum atomic E-state index is -0.918. The van der Waals surface area contributed by atoms with Crippen molar-refractivity contribution >= 4 is 12.0 Å². The third-order valence-corrected chi connectivity index (χ3v) is 4.03. The number of carboxylic acids is 1. The van der Waals surface area contributed by atoms with Gasteiger partial charge in [0.25, 0.3) is 0 Å². The number of carbonyl (C=O) groups excluding carboxylic acids is 1. The van der Waals surface area contributed by atoms with Crippen molar-refractivity contribution < 1.29 is 14.7 Å². The van der Waals surface area contributed by atoms with E-state index in [-0.39, 0.29) is 12.6 Å². The van der Waals surface area contributed by atoms with Crippen LogP contribution in [0.1, 0.15) is 39.0 Å². The lowest BCUT2D eigenvalue weighted by Gasteiger charge is -2.27. The van der Waals surface area contributed by atoms with E-state index in [0.29, 0.717) is 18.4 Å². The van der Waals surface area contributed by atoms with Crippen LogP contribution in [0.5, 0.6) is 0 Å². The van der Waals surface area contributed by atoms with Gasteiger partial charge in [-0.15, -0.1) is 0 Å². The Kier molecular flexibility index (Phi) is 4.66. The maximum Gasteiger partial charge on any atom is 0.323 e. The summed E-state index contributed by atoms with van der Waals surface area (Å²) in [6.07, 6.45) is 5.62. The Hall–Kier alpha value is -1.26. The topological polar surface area (TPSA) is 60.9 Å². The van der Waals surface area contributed by atoms with Gasteiger partial charge in [-0.1, -0.05) is 13.3 Å². The molecule has 1 unspecified atom stereocenters. The molecule has 0 bridgehead atoms. The lowest BCUT2D eigenvalue weighted by Crippen LogP contribution is -2.45. The largest absolute Gasteiger partial charge is 0.480 e. The van der Waals surface area contributed by atoms with Crippen molar-refractivity contribution in [2.45, 2.75) is 39.0 Å². The minimum Gasteiger partial charge on any atom is -0.480 e. The van der Waals surface area contributed by atoms with Gasteiger partial charge in [-0.3, -0.25) is 4.79 Å². The normalized spacial score (nSPS) is 22.6. The molecule has 1 atom stereocenters. The standard InChI is InChI=1S/C14H24N2O3/c1-2-3-11-6-7-15(8-11)14(19)16(10-13(17)18)9-12-4-5-12/h11-12H,2-10H2,1H3,(H,17,18). The minimum absolute atomic E-state index is 0.0760. The highest BCUT2D eigenvalue weighted by atomic mass is 16.4. The van der Waals surface area contributed by atoms with E-state index in [9.17, 15) is 9.59 Å². The predicted molar refractivity (Wildman–Crippen MR) is 71.9 cm³/mol. The molecule has 1 aliphatic heterocycles. The zero-order valence-electron chi connectivity index (χ0n) is 11.7. The van der Waals surface area contributed by atoms with Crippen LogP contribution in [0.2, 0.25) is 0 Å². The van der Waals surface area contributed by atoms with Crippen LogP contribution in [0, 0.1) is 11.8 Å². The van der Waals surface area contributed by atoms with E-state index in [2.05, 4.69) is 6.92 Å². The van der Waals surface area contributed by atoms with Gasteiger partial charge in [0.15, 0.2) is 0 Å². The number of carbonyl (C=O) groups is 2. The summed E-state index contributed by atoms with van der Waals surface area (Å²) in [4.78, 5) is 26.6. The molecule has 1 N–H and O–H groups in total. The maximum atomic E-state index is 12.4. The summed E-state index contributed by atoms with van der Waals surface area (Å²) in [5.74, 6) is 0.206. The highest BCUT2D eigenvalue weighted by molar-refractivity contribution is 5.80. The fraction of sp³-hybridized carbons (Fsp3) is 0.857. The van der Waals surface area contributed by atoms with Crippen molar-refractivity contribution in [3.8, 4) is 0 Å². The molecule has 108 valence electrons. The van der Waals surface area contributed by atoms with Gasteiger partial charge in [0, 0.05) is 19.6 Å². The van der Waals surface area contributed by atoms with Crippen molar-refractivity contribution in [2.24, 2.45) is 11.8 Å². The Morgan fingerprint density at radius 1 is 1.26 bits per heavy atom. The molecule has 0 radical (unpaired) electrons. The van der Waals surface area contributed by atoms with Crippen molar-refractivity contribution in [1.29, 1.82) is 0 Å². The quantitative estimate of drug-likeness (QED) is 0.801. The number of carboxylic acid groups (broad SMARTS) is 1. The number of rotatable bonds is 6. The zero-order chi connectivity index (χ0) is 13.8. The Morgan fingerprint density at radius 3 is 2.58 bits per heavy atom. The van der Waals surface area contributed by atoms with Crippen molar-refractivity contribution in [3.63, 3.8) is 0 Å². The number of likely N-dealkylation sites (tertiary alicyclic amines) is 1. The molecule has 1 saturated carbocycles. The Morgan fingerprint density at radius 2 is 2.00 bits per heavy atom. The third kappa shape index (κ3) is 4.11. The van der Waals surface area contributed by atoms with E-state index in [1.165, 1.54) is 4.90 Å². The van der Waals surface area contributed by atoms with Crippen molar-refractivity contribution in [3.05, 3.63) is 0 Å². The second-order valence-corrected chi connectivity index (χ2v) is 5.89. The second-order valence-electron chi connectivity index (χ2n) is 5.89. The summed E-state index contributed by atoms with van der Waals surface area (Å²) in [6.45, 7) is 4.19. The van der Waals surface area contributed by atoms with Crippen molar-refractivity contribution in [1.82, 2.24) is 9.80 Å². The maximum absolute atomic E-state index is 12.4. The van der Waals surface area contributed by atoms with E-state index in [1.807, 2.05) is 4.90 Å². The molecule has 0 aromatic heterocycles. The first-order chi connectivity index (χ1) is 9.10. The van der Waals surface area contributed by atoms with Crippen LogP contribution in [0.3, 0.4) is 0 Å². The van der Waals surface area contributed by atoms with Crippen LogP contribution in [0.25, 0.3) is 0 Å². The number of hydrogen-bond acceptors (Lipinski definition) is 2. The Labute approximate surface area is 114 Å². The fourth-order valence-electron chi connectivity index (χ4n) is 2.84. The molecule has 2 fully saturated rings. The number of urea groups is 1. The average molecular weight is 268 g/mol. The van der Waals surface area contributed by atoms with Crippen LogP contribution in [0.4, 0.5) is 4.79 Å². The molecule has 1 heterocycles. The van der Waals surface area contributed by atoms with Crippen LogP contribution in [-0.4, -0.2) is 53.1 Å². The summed E-state index contributed by atoms with van der Waals surface area (Å²) in [5.41, 5.74) is 0. The molecule has 2 aliphatic rings. The Bertz CT molecular complexity index is 342. The highest BCUT2D eigenvalue weighted by Gasteiger charge is 2.33. The van der Waals surface area contributed by atoms with Gasteiger partial charge in [0.05, 0.1) is 0 Å². The number of nitrogens with zero attached hydrogens (tertiary/aromatic N) is 2. The molecular formula is C14H24N2O3. The molecular weight excluding hydrogens is 244 g/mol. The van der Waals surface area contributed by atoms with Gasteiger partial charge in [-0.25, -0.2) is 4.79 Å². The molecule has 0 spiro atoms. The molecule has 0 aromatic carbocycles. The smallest absolute Gasteiger partial charge is 0.323 e. The van der Waals surface area contributed by atoms with Gasteiger partial charge in [0.1, 0.15) is 6.54 Å². The lowest BCUT2D eigenvalue weighted by atomic mass is 10.0. The molecule has 1 saturated heterocycles. The van der Waals surface area contributed by atoms with Gasteiger partial charge < -0.3 is 14.9 Å². The zero-order valence-corrected chi connectivity index (χ0v) is 11.7. The molecule has 19 heavy (non-hydrogen) atoms. The second kappa shape index (κ2) is 6.26. The van der Waals surface area contributed by atoms with E-state index in [4.69, 9.17) is 5.11 Å². The molecule has 1 aliphatic carbocycles. The predicted octanol–water partition coefficient (Wildman–Crippen LogP) is 2.03. The number of amides is 2. The molecule has 2 amide bonds. The molecule has 5 nitrogen and oxygen atoms in total. The van der Waals surface area contributed by atoms with Crippen LogP contribution >= 0.6 is 0 Å². The van der Waals surface area contributed by atoms with E-state index < -0.39 is 5.97 Å². The average Bonchev–Trinajstić information content (AvgIpc) is 3.04. The Balaban J connectivity index is 1.88. The lowest BCUT2D eigenvalue weighted by molar-refractivity contribution is -0.137. The molecule has 5 heteroatoms. The summed E-state index contributed by atoms with van der Waals surface area (Å²) >= 11 is 0. The molecule has 2 rings (SSSR count). The van der Waals surface area contributed by atoms with Crippen LogP contribution in [0.15, 0.2) is 0 Å². The summed E-state index contributed by atoms with van der Waals surface area (Å²) in [6, 6.07) is -0.0760. The highest BCUT2D eigenvalue weighted by Crippen LogP contribution is 2.30. The number of aliphatic carboxylic acids is 1. The van der Waals surface area contributed by atoms with Gasteiger partial charge in [-0.05, 0) is 37.5 Å². The van der Waals surface area contributed by atoms with Gasteiger partial charge >= 0.3 is 12.0 Å². The van der Waals surface area contributed by atoms with E-state index >= 15 is 0 Å². The first-order valence-corrected chi connectivity index (χ1v) is 7.35. The summed E-state index contributed by atoms with van der Waals surface area (Å²) in [5, 5.41) is 8.93. The van der Waals surface area contributed by atoms with Gasteiger partial charge in [0.2, 0.25) is 0 Å². The number of hydrogen-bond donors (Lipinski definition) is 1. The van der Waals surface area contributed by atoms with Crippen LogP contribution < -0.4 is 0 Å². The third-order valence-electron chi connectivity index (χ3n) is 4.03. The van der Waals surface area contributed by atoms with Crippen molar-refractivity contribution in [2.75, 3.05) is 26.2 Å². The first kappa shape index (κ1) is 14.2. The summed E-state index contributed by atoms with van der Waals surface area (Å²) < 4.78 is 0. The first-order valence-electron chi connectivity index (χ1n) is 7.35. The fourth-order valence-corrected chi connectivity index (χ4v) is 2.84. The summed E-state index contributed by atoms with van der Waals surface area (Å²) in [7, 11) is 0. The molecule has 0 aromatic rings. The van der Waals surface area contributed by atoms with E-state index in [0.717, 1.165) is 45.2 Å². The monoisotopic (exact) mass is 268 g/mol.